The minimum Gasteiger partial charge on any atom is -0.368 e. The maximum atomic E-state index is 12.4. The van der Waals surface area contributed by atoms with Crippen molar-refractivity contribution in [3.63, 3.8) is 0 Å². The number of nitrogens with zero attached hydrogens (tertiary/aromatic N) is 4. The van der Waals surface area contributed by atoms with Gasteiger partial charge in [0.15, 0.2) is 5.65 Å². The molecule has 6 nitrogen and oxygen atoms in total. The normalized spacial score (nSPS) is 16.7. The lowest BCUT2D eigenvalue weighted by atomic mass is 10.2. The van der Waals surface area contributed by atoms with Gasteiger partial charge in [-0.1, -0.05) is 12.8 Å². The molecule has 18 heavy (non-hydrogen) atoms. The maximum absolute atomic E-state index is 12.4. The van der Waals surface area contributed by atoms with E-state index in [1.165, 1.54) is 12.8 Å². The number of aryl methyl sites for hydroxylation is 1. The summed E-state index contributed by atoms with van der Waals surface area (Å²) in [5.41, 5.74) is 7.12. The van der Waals surface area contributed by atoms with E-state index in [1.54, 1.807) is 10.8 Å². The van der Waals surface area contributed by atoms with Crippen LogP contribution in [0.5, 0.6) is 0 Å². The van der Waals surface area contributed by atoms with Crippen molar-refractivity contribution >= 4 is 17.1 Å². The molecule has 3 rings (SSSR count). The number of nitrogen functional groups attached to an aromatic ring is 1. The third kappa shape index (κ3) is 1.52. The molecule has 0 radical (unpaired) electrons. The highest BCUT2D eigenvalue weighted by Gasteiger charge is 2.24. The predicted molar refractivity (Wildman–Crippen MR) is 69.4 cm³/mol. The molecule has 2 heterocycles. The van der Waals surface area contributed by atoms with Crippen LogP contribution in [0.25, 0.3) is 11.2 Å². The van der Waals surface area contributed by atoms with Crippen molar-refractivity contribution in [2.24, 2.45) is 0 Å². The molecule has 0 spiro atoms. The van der Waals surface area contributed by atoms with Crippen LogP contribution in [0.1, 0.15) is 38.6 Å². The summed E-state index contributed by atoms with van der Waals surface area (Å²) in [6.07, 6.45) is 6.10. The zero-order valence-electron chi connectivity index (χ0n) is 10.5. The Labute approximate surface area is 104 Å². The molecule has 1 aliphatic carbocycles. The lowest BCUT2D eigenvalue weighted by Crippen LogP contribution is -2.26. The summed E-state index contributed by atoms with van der Waals surface area (Å²) in [4.78, 5) is 20.7. The largest absolute Gasteiger partial charge is 0.368 e. The zero-order chi connectivity index (χ0) is 12.7. The van der Waals surface area contributed by atoms with E-state index in [9.17, 15) is 4.79 Å². The molecule has 2 aromatic heterocycles. The van der Waals surface area contributed by atoms with Gasteiger partial charge in [0.25, 0.3) is 0 Å². The molecule has 0 atom stereocenters. The van der Waals surface area contributed by atoms with Crippen LogP contribution in [0, 0.1) is 0 Å². The van der Waals surface area contributed by atoms with Crippen LogP contribution in [-0.4, -0.2) is 19.1 Å². The highest BCUT2D eigenvalue weighted by molar-refractivity contribution is 5.71. The number of anilines is 1. The Morgan fingerprint density at radius 1 is 1.44 bits per heavy atom. The first-order valence-corrected chi connectivity index (χ1v) is 6.45. The molecular weight excluding hydrogens is 230 g/mol. The zero-order valence-corrected chi connectivity index (χ0v) is 10.5. The molecule has 1 fully saturated rings. The van der Waals surface area contributed by atoms with Crippen molar-refractivity contribution in [3.8, 4) is 0 Å². The van der Waals surface area contributed by atoms with E-state index in [1.807, 2.05) is 11.5 Å². The standard InChI is InChI=1S/C12H17N5O/c1-2-16-9-7-14-11(13)15-10(9)17(12(16)18)8-5-3-4-6-8/h7-8H,2-6H2,1H3,(H2,13,14,15). The van der Waals surface area contributed by atoms with Gasteiger partial charge in [0.2, 0.25) is 5.95 Å². The van der Waals surface area contributed by atoms with E-state index >= 15 is 0 Å². The molecule has 0 bridgehead atoms. The van der Waals surface area contributed by atoms with Crippen LogP contribution in [0.4, 0.5) is 5.95 Å². The number of aromatic nitrogens is 4. The number of imidazole rings is 1. The van der Waals surface area contributed by atoms with Gasteiger partial charge in [0.1, 0.15) is 5.52 Å². The fourth-order valence-electron chi connectivity index (χ4n) is 2.87. The average Bonchev–Trinajstić information content (AvgIpc) is 2.94. The van der Waals surface area contributed by atoms with E-state index in [0.29, 0.717) is 12.2 Å². The van der Waals surface area contributed by atoms with Crippen molar-refractivity contribution in [1.82, 2.24) is 19.1 Å². The molecule has 0 saturated heterocycles. The number of hydrogen-bond donors (Lipinski definition) is 1. The third-order valence-corrected chi connectivity index (χ3v) is 3.73. The number of nitrogens with two attached hydrogens (primary N) is 1. The Hall–Kier alpha value is -1.85. The Morgan fingerprint density at radius 3 is 2.83 bits per heavy atom. The van der Waals surface area contributed by atoms with Crippen LogP contribution >= 0.6 is 0 Å². The van der Waals surface area contributed by atoms with Gasteiger partial charge in [-0.2, -0.15) is 4.98 Å². The molecule has 1 saturated carbocycles. The maximum Gasteiger partial charge on any atom is 0.330 e. The van der Waals surface area contributed by atoms with E-state index in [4.69, 9.17) is 5.73 Å². The van der Waals surface area contributed by atoms with Gasteiger partial charge >= 0.3 is 5.69 Å². The van der Waals surface area contributed by atoms with Gasteiger partial charge in [-0.15, -0.1) is 0 Å². The second kappa shape index (κ2) is 4.12. The van der Waals surface area contributed by atoms with E-state index < -0.39 is 0 Å². The second-order valence-corrected chi connectivity index (χ2v) is 4.77. The van der Waals surface area contributed by atoms with Gasteiger partial charge in [0.05, 0.1) is 6.20 Å². The predicted octanol–water partition coefficient (Wildman–Crippen LogP) is 1.31. The highest BCUT2D eigenvalue weighted by atomic mass is 16.1. The van der Waals surface area contributed by atoms with Crippen LogP contribution < -0.4 is 11.4 Å². The first-order chi connectivity index (χ1) is 8.72. The summed E-state index contributed by atoms with van der Waals surface area (Å²) >= 11 is 0. The summed E-state index contributed by atoms with van der Waals surface area (Å²) in [7, 11) is 0. The second-order valence-electron chi connectivity index (χ2n) is 4.77. The van der Waals surface area contributed by atoms with Crippen LogP contribution in [0.3, 0.4) is 0 Å². The lowest BCUT2D eigenvalue weighted by molar-refractivity contribution is 0.501. The van der Waals surface area contributed by atoms with Crippen molar-refractivity contribution in [1.29, 1.82) is 0 Å². The minimum absolute atomic E-state index is 0.0132. The molecule has 2 N–H and O–H groups in total. The Bertz CT molecular complexity index is 636. The summed E-state index contributed by atoms with van der Waals surface area (Å²) in [6.45, 7) is 2.58. The van der Waals surface area contributed by atoms with Crippen molar-refractivity contribution in [2.75, 3.05) is 5.73 Å². The molecule has 6 heteroatoms. The summed E-state index contributed by atoms with van der Waals surface area (Å²) < 4.78 is 3.52. The lowest BCUT2D eigenvalue weighted by Gasteiger charge is -2.10. The molecule has 96 valence electrons. The molecule has 0 amide bonds. The molecule has 0 aliphatic heterocycles. The van der Waals surface area contributed by atoms with E-state index in [0.717, 1.165) is 18.4 Å². The first kappa shape index (κ1) is 11.3. The Morgan fingerprint density at radius 2 is 2.17 bits per heavy atom. The van der Waals surface area contributed by atoms with Crippen LogP contribution in [0.15, 0.2) is 11.0 Å². The van der Waals surface area contributed by atoms with Gasteiger partial charge in [-0.25, -0.2) is 9.78 Å². The Balaban J connectivity index is 2.31. The minimum atomic E-state index is 0.0132. The smallest absolute Gasteiger partial charge is 0.330 e. The Kier molecular flexibility index (Phi) is 2.57. The van der Waals surface area contributed by atoms with Crippen molar-refractivity contribution < 1.29 is 0 Å². The van der Waals surface area contributed by atoms with Gasteiger partial charge < -0.3 is 5.73 Å². The third-order valence-electron chi connectivity index (χ3n) is 3.73. The summed E-state index contributed by atoms with van der Waals surface area (Å²) in [6, 6.07) is 0.266. The molecule has 0 aromatic carbocycles. The van der Waals surface area contributed by atoms with Crippen molar-refractivity contribution in [2.45, 2.75) is 45.2 Å². The number of rotatable bonds is 2. The summed E-state index contributed by atoms with van der Waals surface area (Å²) in [5.74, 6) is 0.225. The SMILES string of the molecule is CCn1c(=O)n(C2CCCC2)c2nc(N)ncc21. The van der Waals surface area contributed by atoms with E-state index in [2.05, 4.69) is 9.97 Å². The fraction of sp³-hybridized carbons (Fsp3) is 0.583. The number of hydrogen-bond acceptors (Lipinski definition) is 4. The molecular formula is C12H17N5O. The molecule has 1 aliphatic rings. The van der Waals surface area contributed by atoms with Gasteiger partial charge in [-0.05, 0) is 19.8 Å². The highest BCUT2D eigenvalue weighted by Crippen LogP contribution is 2.30. The first-order valence-electron chi connectivity index (χ1n) is 6.45. The molecule has 0 unspecified atom stereocenters. The quantitative estimate of drug-likeness (QED) is 0.867. The topological polar surface area (TPSA) is 78.7 Å². The van der Waals surface area contributed by atoms with Crippen molar-refractivity contribution in [3.05, 3.63) is 16.7 Å². The monoisotopic (exact) mass is 247 g/mol. The number of fused-ring (bicyclic) bond motifs is 1. The fourth-order valence-corrected chi connectivity index (χ4v) is 2.87. The van der Waals surface area contributed by atoms with Crippen LogP contribution in [0.2, 0.25) is 0 Å². The average molecular weight is 247 g/mol. The van der Waals surface area contributed by atoms with Gasteiger partial charge in [-0.3, -0.25) is 9.13 Å². The summed E-state index contributed by atoms with van der Waals surface area (Å²) in [5, 5.41) is 0. The molecule has 2 aromatic rings. The van der Waals surface area contributed by atoms with Gasteiger partial charge in [0, 0.05) is 12.6 Å². The van der Waals surface area contributed by atoms with E-state index in [-0.39, 0.29) is 17.7 Å². The van der Waals surface area contributed by atoms with Crippen LogP contribution in [-0.2, 0) is 6.54 Å².